The lowest BCUT2D eigenvalue weighted by molar-refractivity contribution is 0.353. The highest BCUT2D eigenvalue weighted by molar-refractivity contribution is 9.11. The molecule has 4 heteroatoms. The van der Waals surface area contributed by atoms with Crippen molar-refractivity contribution >= 4 is 37.5 Å². The summed E-state index contributed by atoms with van der Waals surface area (Å²) >= 11 is 7.11. The van der Waals surface area contributed by atoms with Gasteiger partial charge in [0.05, 0.1) is 5.69 Å². The molecule has 16 heavy (non-hydrogen) atoms. The van der Waals surface area contributed by atoms with Crippen LogP contribution in [0.3, 0.4) is 0 Å². The average Bonchev–Trinajstić information content (AvgIpc) is 2.15. The van der Waals surface area contributed by atoms with Gasteiger partial charge in [-0.25, -0.2) is 0 Å². The highest BCUT2D eigenvalue weighted by Crippen LogP contribution is 2.30. The van der Waals surface area contributed by atoms with Crippen LogP contribution in [0.5, 0.6) is 0 Å². The third-order valence-corrected chi connectivity index (χ3v) is 3.95. The van der Waals surface area contributed by atoms with Crippen LogP contribution in [0, 0.1) is 0 Å². The van der Waals surface area contributed by atoms with E-state index < -0.39 is 0 Å². The molecule has 0 atom stereocenters. The van der Waals surface area contributed by atoms with Gasteiger partial charge in [0.2, 0.25) is 0 Å². The van der Waals surface area contributed by atoms with Crippen LogP contribution in [0.1, 0.15) is 13.8 Å². The average molecular weight is 348 g/mol. The minimum atomic E-state index is 0.185. The van der Waals surface area contributed by atoms with E-state index >= 15 is 0 Å². The maximum Gasteiger partial charge on any atom is 0.0512 e. The van der Waals surface area contributed by atoms with Crippen LogP contribution in [-0.4, -0.2) is 25.2 Å². The van der Waals surface area contributed by atoms with Crippen LogP contribution in [0.15, 0.2) is 27.1 Å². The molecule has 0 aliphatic carbocycles. The van der Waals surface area contributed by atoms with Gasteiger partial charge in [0.1, 0.15) is 0 Å². The normalized spacial score (nSPS) is 19.9. The van der Waals surface area contributed by atoms with Gasteiger partial charge in [-0.15, -0.1) is 0 Å². The van der Waals surface area contributed by atoms with Crippen LogP contribution < -0.4 is 10.2 Å². The van der Waals surface area contributed by atoms with E-state index in [9.17, 15) is 0 Å². The van der Waals surface area contributed by atoms with Crippen molar-refractivity contribution in [2.45, 2.75) is 19.4 Å². The van der Waals surface area contributed by atoms with E-state index in [2.05, 4.69) is 74.1 Å². The molecule has 88 valence electrons. The molecule has 0 unspecified atom stereocenters. The van der Waals surface area contributed by atoms with E-state index in [1.54, 1.807) is 0 Å². The molecule has 0 bridgehead atoms. The van der Waals surface area contributed by atoms with Crippen LogP contribution in [0.25, 0.3) is 0 Å². The number of hydrogen-bond donors (Lipinski definition) is 1. The summed E-state index contributed by atoms with van der Waals surface area (Å²) in [4.78, 5) is 2.42. The highest BCUT2D eigenvalue weighted by Gasteiger charge is 2.26. The van der Waals surface area contributed by atoms with Crippen LogP contribution >= 0.6 is 31.9 Å². The highest BCUT2D eigenvalue weighted by atomic mass is 79.9. The first-order chi connectivity index (χ1) is 7.48. The molecule has 0 spiro atoms. The minimum absolute atomic E-state index is 0.185. The van der Waals surface area contributed by atoms with Crippen molar-refractivity contribution in [1.82, 2.24) is 5.32 Å². The van der Waals surface area contributed by atoms with Gasteiger partial charge in [-0.05, 0) is 48.0 Å². The molecule has 1 aromatic rings. The first-order valence-corrected chi connectivity index (χ1v) is 7.02. The Hall–Kier alpha value is -0.0600. The molecule has 2 nitrogen and oxygen atoms in total. The summed E-state index contributed by atoms with van der Waals surface area (Å²) in [7, 11) is 0. The predicted molar refractivity (Wildman–Crippen MR) is 76.1 cm³/mol. The lowest BCUT2D eigenvalue weighted by Crippen LogP contribution is -2.57. The number of piperazine rings is 1. The monoisotopic (exact) mass is 346 g/mol. The van der Waals surface area contributed by atoms with Crippen LogP contribution in [0.2, 0.25) is 0 Å². The first-order valence-electron chi connectivity index (χ1n) is 5.43. The first kappa shape index (κ1) is 12.4. The fraction of sp³-hybridized carbons (Fsp3) is 0.500. The molecule has 0 amide bonds. The number of benzene rings is 1. The van der Waals surface area contributed by atoms with Crippen molar-refractivity contribution in [3.05, 3.63) is 27.1 Å². The predicted octanol–water partition coefficient (Wildman–Crippen LogP) is 3.40. The summed E-state index contributed by atoms with van der Waals surface area (Å²) in [6.45, 7) is 7.62. The maximum atomic E-state index is 3.63. The molecule has 0 radical (unpaired) electrons. The molecule has 0 saturated carbocycles. The van der Waals surface area contributed by atoms with Gasteiger partial charge in [-0.1, -0.05) is 15.9 Å². The lowest BCUT2D eigenvalue weighted by atomic mass is 10.0. The van der Waals surface area contributed by atoms with Gasteiger partial charge >= 0.3 is 0 Å². The molecule has 1 fully saturated rings. The fourth-order valence-corrected chi connectivity index (χ4v) is 3.38. The second kappa shape index (κ2) is 4.67. The largest absolute Gasteiger partial charge is 0.368 e. The van der Waals surface area contributed by atoms with E-state index in [4.69, 9.17) is 0 Å². The molecule has 2 rings (SSSR count). The standard InChI is InChI=1S/C12H16Br2N2/c1-12(2)8-16(6-5-15-12)11-4-3-9(13)7-10(11)14/h3-4,7,15H,5-6,8H2,1-2H3. The minimum Gasteiger partial charge on any atom is -0.368 e. The number of rotatable bonds is 1. The van der Waals surface area contributed by atoms with E-state index in [1.165, 1.54) is 5.69 Å². The third-order valence-electron chi connectivity index (χ3n) is 2.82. The Labute approximate surface area is 114 Å². The Bertz CT molecular complexity index is 391. The molecular formula is C12H16Br2N2. The summed E-state index contributed by atoms with van der Waals surface area (Å²) in [5.41, 5.74) is 1.46. The van der Waals surface area contributed by atoms with E-state index in [0.717, 1.165) is 28.6 Å². The van der Waals surface area contributed by atoms with Gasteiger partial charge in [-0.2, -0.15) is 0 Å². The quantitative estimate of drug-likeness (QED) is 0.837. The molecule has 1 aliphatic rings. The maximum absolute atomic E-state index is 3.63. The Kier molecular flexibility index (Phi) is 3.62. The number of nitrogens with one attached hydrogen (secondary N) is 1. The Morgan fingerprint density at radius 3 is 2.69 bits per heavy atom. The third kappa shape index (κ3) is 2.79. The molecule has 1 aliphatic heterocycles. The number of anilines is 1. The van der Waals surface area contributed by atoms with E-state index in [0.29, 0.717) is 0 Å². The van der Waals surface area contributed by atoms with Crippen LogP contribution in [-0.2, 0) is 0 Å². The van der Waals surface area contributed by atoms with Crippen molar-refractivity contribution in [3.63, 3.8) is 0 Å². The number of nitrogens with zero attached hydrogens (tertiary/aromatic N) is 1. The smallest absolute Gasteiger partial charge is 0.0512 e. The zero-order valence-corrected chi connectivity index (χ0v) is 12.7. The molecule has 1 N–H and O–H groups in total. The molecule has 1 aromatic carbocycles. The second-order valence-electron chi connectivity index (χ2n) is 4.83. The number of hydrogen-bond acceptors (Lipinski definition) is 2. The van der Waals surface area contributed by atoms with E-state index in [1.807, 2.05) is 0 Å². The Morgan fingerprint density at radius 2 is 2.06 bits per heavy atom. The molecule has 1 heterocycles. The van der Waals surface area contributed by atoms with Crippen molar-refractivity contribution < 1.29 is 0 Å². The van der Waals surface area contributed by atoms with Crippen molar-refractivity contribution in [1.29, 1.82) is 0 Å². The second-order valence-corrected chi connectivity index (χ2v) is 6.60. The summed E-state index contributed by atoms with van der Waals surface area (Å²) in [5, 5.41) is 3.52. The van der Waals surface area contributed by atoms with Gasteiger partial charge in [0.15, 0.2) is 0 Å². The van der Waals surface area contributed by atoms with Crippen LogP contribution in [0.4, 0.5) is 5.69 Å². The van der Waals surface area contributed by atoms with Gasteiger partial charge < -0.3 is 10.2 Å². The van der Waals surface area contributed by atoms with E-state index in [-0.39, 0.29) is 5.54 Å². The summed E-state index contributed by atoms with van der Waals surface area (Å²) in [6, 6.07) is 6.36. The topological polar surface area (TPSA) is 15.3 Å². The van der Waals surface area contributed by atoms with Crippen molar-refractivity contribution in [2.24, 2.45) is 0 Å². The zero-order chi connectivity index (χ0) is 11.8. The summed E-state index contributed by atoms with van der Waals surface area (Å²) < 4.78 is 2.26. The SMILES string of the molecule is CC1(C)CN(c2ccc(Br)cc2Br)CCN1. The lowest BCUT2D eigenvalue weighted by Gasteiger charge is -2.40. The summed E-state index contributed by atoms with van der Waals surface area (Å²) in [5.74, 6) is 0. The summed E-state index contributed by atoms with van der Waals surface area (Å²) in [6.07, 6.45) is 0. The van der Waals surface area contributed by atoms with Gasteiger partial charge in [-0.3, -0.25) is 0 Å². The Balaban J connectivity index is 2.23. The van der Waals surface area contributed by atoms with Crippen molar-refractivity contribution in [2.75, 3.05) is 24.5 Å². The molecule has 0 aromatic heterocycles. The molecule has 1 saturated heterocycles. The zero-order valence-electron chi connectivity index (χ0n) is 9.56. The number of halogens is 2. The van der Waals surface area contributed by atoms with Crippen molar-refractivity contribution in [3.8, 4) is 0 Å². The fourth-order valence-electron chi connectivity index (χ4n) is 2.08. The molecular weight excluding hydrogens is 332 g/mol. The van der Waals surface area contributed by atoms with Gasteiger partial charge in [0.25, 0.3) is 0 Å². The van der Waals surface area contributed by atoms with Gasteiger partial charge in [0, 0.05) is 34.1 Å². The Morgan fingerprint density at radius 1 is 1.31 bits per heavy atom.